The van der Waals surface area contributed by atoms with Gasteiger partial charge in [0.25, 0.3) is 0 Å². The number of anilines is 1. The maximum atomic E-state index is 12.1. The average molecular weight is 315 g/mol. The number of ether oxygens (including phenoxy) is 1. The van der Waals surface area contributed by atoms with Crippen molar-refractivity contribution < 1.29 is 9.53 Å². The van der Waals surface area contributed by atoms with Gasteiger partial charge in [0, 0.05) is 36.8 Å². The van der Waals surface area contributed by atoms with E-state index in [1.807, 2.05) is 13.0 Å². The second-order valence-corrected chi connectivity index (χ2v) is 5.79. The summed E-state index contributed by atoms with van der Waals surface area (Å²) >= 11 is 0. The largest absolute Gasteiger partial charge is 0.381 e. The predicted octanol–water partition coefficient (Wildman–Crippen LogP) is 1.52. The quantitative estimate of drug-likeness (QED) is 0.787. The third-order valence-electron chi connectivity index (χ3n) is 4.44. The van der Waals surface area contributed by atoms with Crippen LogP contribution in [0.2, 0.25) is 0 Å². The van der Waals surface area contributed by atoms with Crippen LogP contribution >= 0.6 is 12.4 Å². The molecule has 21 heavy (non-hydrogen) atoms. The number of hydrogen-bond acceptors (Lipinski definition) is 4. The lowest BCUT2D eigenvalue weighted by Gasteiger charge is -2.31. The summed E-state index contributed by atoms with van der Waals surface area (Å²) in [4.78, 5) is 12.1. The lowest BCUT2D eigenvalue weighted by molar-refractivity contribution is -0.121. The van der Waals surface area contributed by atoms with Gasteiger partial charge in [0.1, 0.15) is 0 Å². The number of nitrogens with one attached hydrogen (secondary N) is 3. The Hall–Kier alpha value is -1.11. The molecule has 0 aromatic carbocycles. The summed E-state index contributed by atoms with van der Waals surface area (Å²) < 4.78 is 5.36. The molecule has 0 bridgehead atoms. The molecule has 6 nitrogen and oxygen atoms in total. The van der Waals surface area contributed by atoms with Crippen LogP contribution in [0.4, 0.5) is 5.82 Å². The normalized spacial score (nSPS) is 21.2. The van der Waals surface area contributed by atoms with Crippen molar-refractivity contribution in [2.24, 2.45) is 11.8 Å². The van der Waals surface area contributed by atoms with E-state index in [0.717, 1.165) is 44.8 Å². The molecule has 3 rings (SSSR count). The van der Waals surface area contributed by atoms with Crippen molar-refractivity contribution in [3.63, 3.8) is 0 Å². The van der Waals surface area contributed by atoms with Crippen molar-refractivity contribution in [3.05, 3.63) is 11.8 Å². The second kappa shape index (κ2) is 7.24. The maximum Gasteiger partial charge on any atom is 0.228 e. The lowest BCUT2D eigenvalue weighted by atomic mass is 9.88. The van der Waals surface area contributed by atoms with Gasteiger partial charge in [-0.3, -0.25) is 9.89 Å². The molecule has 0 spiro atoms. The molecule has 1 unspecified atom stereocenters. The monoisotopic (exact) mass is 314 g/mol. The number of nitrogens with zero attached hydrogens (tertiary/aromatic N) is 1. The van der Waals surface area contributed by atoms with E-state index in [2.05, 4.69) is 20.8 Å². The van der Waals surface area contributed by atoms with E-state index in [4.69, 9.17) is 4.74 Å². The van der Waals surface area contributed by atoms with E-state index in [1.165, 1.54) is 0 Å². The van der Waals surface area contributed by atoms with Gasteiger partial charge in [-0.15, -0.1) is 12.4 Å². The summed E-state index contributed by atoms with van der Waals surface area (Å²) in [6, 6.07) is 1.96. The number of H-pyrrole nitrogens is 1. The Morgan fingerprint density at radius 3 is 2.76 bits per heavy atom. The van der Waals surface area contributed by atoms with Crippen LogP contribution in [0.5, 0.6) is 0 Å². The zero-order valence-electron chi connectivity index (χ0n) is 12.2. The van der Waals surface area contributed by atoms with Crippen LogP contribution in [0.15, 0.2) is 6.07 Å². The van der Waals surface area contributed by atoms with Gasteiger partial charge < -0.3 is 15.4 Å². The fraction of sp³-hybridized carbons (Fsp3) is 0.714. The Labute approximate surface area is 130 Å². The number of carbonyl (C=O) groups excluding carboxylic acids is 1. The Morgan fingerprint density at radius 2 is 2.14 bits per heavy atom. The van der Waals surface area contributed by atoms with E-state index in [9.17, 15) is 4.79 Å². The third kappa shape index (κ3) is 3.75. The zero-order valence-corrected chi connectivity index (χ0v) is 13.0. The molecule has 3 heterocycles. The van der Waals surface area contributed by atoms with Crippen molar-refractivity contribution in [1.29, 1.82) is 0 Å². The molecule has 1 aromatic heterocycles. The van der Waals surface area contributed by atoms with Crippen LogP contribution in [-0.4, -0.2) is 42.4 Å². The van der Waals surface area contributed by atoms with Crippen molar-refractivity contribution in [3.8, 4) is 0 Å². The minimum Gasteiger partial charge on any atom is -0.381 e. The number of aromatic nitrogens is 2. The van der Waals surface area contributed by atoms with Crippen LogP contribution in [0, 0.1) is 11.8 Å². The molecule has 2 aliphatic heterocycles. The van der Waals surface area contributed by atoms with E-state index in [-0.39, 0.29) is 24.2 Å². The standard InChI is InChI=1S/C14H22N4O2.ClH/c1-9(11-7-15-8-11)14(19)16-13-6-12(17-18-13)10-2-4-20-5-3-10;/h6,9-11,15H,2-5,7-8H2,1H3,(H2,16,17,18,19);1H. The smallest absolute Gasteiger partial charge is 0.228 e. The molecule has 1 atom stereocenters. The SMILES string of the molecule is CC(C(=O)Nc1cc(C2CCOCC2)[nH]n1)C1CNC1.Cl. The van der Waals surface area contributed by atoms with Crippen LogP contribution in [0.25, 0.3) is 0 Å². The van der Waals surface area contributed by atoms with Gasteiger partial charge in [0.05, 0.1) is 0 Å². The predicted molar refractivity (Wildman–Crippen MR) is 82.8 cm³/mol. The van der Waals surface area contributed by atoms with E-state index >= 15 is 0 Å². The first kappa shape index (κ1) is 16.3. The van der Waals surface area contributed by atoms with Crippen LogP contribution in [-0.2, 0) is 9.53 Å². The van der Waals surface area contributed by atoms with Gasteiger partial charge in [-0.2, -0.15) is 5.10 Å². The van der Waals surface area contributed by atoms with E-state index in [1.54, 1.807) is 0 Å². The van der Waals surface area contributed by atoms with Gasteiger partial charge in [-0.25, -0.2) is 0 Å². The van der Waals surface area contributed by atoms with E-state index < -0.39 is 0 Å². The Morgan fingerprint density at radius 1 is 1.43 bits per heavy atom. The number of carbonyl (C=O) groups is 1. The van der Waals surface area contributed by atoms with Gasteiger partial charge in [0.15, 0.2) is 5.82 Å². The van der Waals surface area contributed by atoms with Crippen molar-refractivity contribution in [2.45, 2.75) is 25.7 Å². The summed E-state index contributed by atoms with van der Waals surface area (Å²) in [6.45, 7) is 5.45. The highest BCUT2D eigenvalue weighted by Gasteiger charge is 2.29. The number of amides is 1. The average Bonchev–Trinajstić information content (AvgIpc) is 2.86. The molecule has 0 aliphatic carbocycles. The highest BCUT2D eigenvalue weighted by molar-refractivity contribution is 5.91. The zero-order chi connectivity index (χ0) is 13.9. The Bertz CT molecular complexity index is 469. The van der Waals surface area contributed by atoms with Gasteiger partial charge in [-0.05, 0) is 31.8 Å². The summed E-state index contributed by atoms with van der Waals surface area (Å²) in [5.41, 5.74) is 1.10. The van der Waals surface area contributed by atoms with Crippen LogP contribution in [0.1, 0.15) is 31.4 Å². The summed E-state index contributed by atoms with van der Waals surface area (Å²) in [6.07, 6.45) is 2.03. The molecule has 2 saturated heterocycles. The molecule has 0 radical (unpaired) electrons. The van der Waals surface area contributed by atoms with Crippen LogP contribution < -0.4 is 10.6 Å². The highest BCUT2D eigenvalue weighted by Crippen LogP contribution is 2.27. The maximum absolute atomic E-state index is 12.1. The molecule has 2 fully saturated rings. The summed E-state index contributed by atoms with van der Waals surface area (Å²) in [7, 11) is 0. The minimum atomic E-state index is 0. The number of rotatable bonds is 4. The molecule has 0 saturated carbocycles. The molecule has 1 amide bonds. The lowest BCUT2D eigenvalue weighted by Crippen LogP contribution is -2.48. The fourth-order valence-corrected chi connectivity index (χ4v) is 2.74. The van der Waals surface area contributed by atoms with Crippen LogP contribution in [0.3, 0.4) is 0 Å². The molecule has 3 N–H and O–H groups in total. The minimum absolute atomic E-state index is 0. The number of hydrogen-bond donors (Lipinski definition) is 3. The molecule has 1 aromatic rings. The van der Waals surface area contributed by atoms with Gasteiger partial charge in [-0.1, -0.05) is 6.92 Å². The summed E-state index contributed by atoms with van der Waals surface area (Å²) in [5, 5.41) is 13.4. The second-order valence-electron chi connectivity index (χ2n) is 5.79. The van der Waals surface area contributed by atoms with Gasteiger partial charge in [0.2, 0.25) is 5.91 Å². The molecule has 118 valence electrons. The number of aromatic amines is 1. The van der Waals surface area contributed by atoms with Crippen molar-refractivity contribution >= 4 is 24.1 Å². The highest BCUT2D eigenvalue weighted by atomic mass is 35.5. The Kier molecular flexibility index (Phi) is 5.61. The van der Waals surface area contributed by atoms with Crippen molar-refractivity contribution in [2.75, 3.05) is 31.6 Å². The molecule has 2 aliphatic rings. The Balaban J connectivity index is 0.00000161. The first-order valence-electron chi connectivity index (χ1n) is 7.38. The molecule has 7 heteroatoms. The topological polar surface area (TPSA) is 79.0 Å². The number of halogens is 1. The first-order valence-corrected chi connectivity index (χ1v) is 7.38. The van der Waals surface area contributed by atoms with Gasteiger partial charge >= 0.3 is 0 Å². The van der Waals surface area contributed by atoms with E-state index in [0.29, 0.717) is 17.7 Å². The summed E-state index contributed by atoms with van der Waals surface area (Å²) in [5.74, 6) is 1.63. The molecular formula is C14H23ClN4O2. The third-order valence-corrected chi connectivity index (χ3v) is 4.44. The van der Waals surface area contributed by atoms with Crippen molar-refractivity contribution in [1.82, 2.24) is 15.5 Å². The first-order chi connectivity index (χ1) is 9.74. The molecular weight excluding hydrogens is 292 g/mol. The fourth-order valence-electron chi connectivity index (χ4n) is 2.74.